The lowest BCUT2D eigenvalue weighted by molar-refractivity contribution is -0.0106. The summed E-state index contributed by atoms with van der Waals surface area (Å²) >= 11 is 0. The Bertz CT molecular complexity index is 599. The molecule has 3 rings (SSSR count). The topological polar surface area (TPSA) is 51.7 Å². The van der Waals surface area contributed by atoms with Crippen LogP contribution < -0.4 is 0 Å². The van der Waals surface area contributed by atoms with Crippen LogP contribution in [0.15, 0.2) is 41.6 Å². The number of allylic oxidation sites excluding steroid dienone is 1. The predicted octanol–water partition coefficient (Wildman–Crippen LogP) is 4.36. The Labute approximate surface area is 156 Å². The molecule has 25 heavy (non-hydrogen) atoms. The molecule has 0 radical (unpaired) electrons. The van der Waals surface area contributed by atoms with Crippen molar-refractivity contribution in [3.8, 4) is 0 Å². The van der Waals surface area contributed by atoms with Crippen LogP contribution in [0.2, 0.25) is 0 Å². The largest absolute Gasteiger partial charge is 0.448 e. The van der Waals surface area contributed by atoms with Gasteiger partial charge in [0.25, 0.3) is 0 Å². The average Bonchev–Trinajstić information content (AvgIpc) is 3.27. The highest BCUT2D eigenvalue weighted by atomic mass is 33.1. The van der Waals surface area contributed by atoms with Crippen molar-refractivity contribution in [2.24, 2.45) is 5.92 Å². The van der Waals surface area contributed by atoms with E-state index in [0.717, 1.165) is 24.3 Å². The van der Waals surface area contributed by atoms with Gasteiger partial charge in [0.2, 0.25) is 0 Å². The first-order valence-electron chi connectivity index (χ1n) is 8.59. The molecule has 2 fully saturated rings. The zero-order valence-electron chi connectivity index (χ0n) is 14.4. The minimum Gasteiger partial charge on any atom is -0.448 e. The van der Waals surface area contributed by atoms with E-state index in [4.69, 9.17) is 9.47 Å². The van der Waals surface area contributed by atoms with Gasteiger partial charge < -0.3 is 9.47 Å². The SMILES string of the molecule is C=C1CC[C@H](C2OCCN2C(=O)OCC(C)SSc2ccccn2)C1. The maximum absolute atomic E-state index is 12.4. The van der Waals surface area contributed by atoms with Crippen LogP contribution in [0, 0.1) is 5.92 Å². The molecule has 0 N–H and O–H groups in total. The zero-order chi connectivity index (χ0) is 17.6. The highest BCUT2D eigenvalue weighted by Gasteiger charge is 2.38. The fourth-order valence-electron chi connectivity index (χ4n) is 3.11. The molecule has 2 unspecified atom stereocenters. The number of hydrogen-bond donors (Lipinski definition) is 0. The van der Waals surface area contributed by atoms with Crippen molar-refractivity contribution < 1.29 is 14.3 Å². The Kier molecular flexibility index (Phi) is 6.67. The molecule has 1 aliphatic carbocycles. The van der Waals surface area contributed by atoms with Crippen molar-refractivity contribution in [1.29, 1.82) is 0 Å². The number of aromatic nitrogens is 1. The Morgan fingerprint density at radius 3 is 3.16 bits per heavy atom. The minimum absolute atomic E-state index is 0.155. The molecule has 2 aliphatic rings. The first-order chi connectivity index (χ1) is 12.1. The van der Waals surface area contributed by atoms with E-state index in [0.29, 0.717) is 25.7 Å². The van der Waals surface area contributed by atoms with Gasteiger partial charge in [-0.05, 0) is 49.1 Å². The molecule has 0 spiro atoms. The molecule has 7 heteroatoms. The quantitative estimate of drug-likeness (QED) is 0.540. The number of rotatable bonds is 6. The third-order valence-electron chi connectivity index (χ3n) is 4.36. The highest BCUT2D eigenvalue weighted by molar-refractivity contribution is 8.76. The van der Waals surface area contributed by atoms with Crippen LogP contribution in [0.25, 0.3) is 0 Å². The number of carbonyl (C=O) groups is 1. The van der Waals surface area contributed by atoms with E-state index in [1.54, 1.807) is 32.7 Å². The van der Waals surface area contributed by atoms with Crippen LogP contribution in [0.3, 0.4) is 0 Å². The Balaban J connectivity index is 1.42. The lowest BCUT2D eigenvalue weighted by Crippen LogP contribution is -2.41. The third-order valence-corrected chi connectivity index (χ3v) is 7.12. The Hall–Kier alpha value is -1.18. The summed E-state index contributed by atoms with van der Waals surface area (Å²) in [5, 5.41) is 1.14. The normalized spacial score (nSPS) is 24.5. The van der Waals surface area contributed by atoms with Crippen molar-refractivity contribution in [3.63, 3.8) is 0 Å². The lowest BCUT2D eigenvalue weighted by Gasteiger charge is -2.27. The fraction of sp³-hybridized carbons (Fsp3) is 0.556. The van der Waals surface area contributed by atoms with Crippen molar-refractivity contribution in [2.45, 2.75) is 42.7 Å². The van der Waals surface area contributed by atoms with Crippen molar-refractivity contribution in [3.05, 3.63) is 36.5 Å². The summed E-state index contributed by atoms with van der Waals surface area (Å²) in [7, 11) is 3.26. The second-order valence-corrected chi connectivity index (χ2v) is 9.10. The van der Waals surface area contributed by atoms with Crippen LogP contribution in [0.1, 0.15) is 26.2 Å². The molecule has 1 aliphatic heterocycles. The average molecular weight is 381 g/mol. The molecule has 136 valence electrons. The van der Waals surface area contributed by atoms with Crippen LogP contribution >= 0.6 is 21.6 Å². The predicted molar refractivity (Wildman–Crippen MR) is 101 cm³/mol. The molecule has 1 saturated heterocycles. The van der Waals surface area contributed by atoms with Gasteiger partial charge in [-0.1, -0.05) is 29.0 Å². The van der Waals surface area contributed by atoms with E-state index in [1.165, 1.54) is 5.57 Å². The minimum atomic E-state index is -0.268. The van der Waals surface area contributed by atoms with Crippen LogP contribution in [0.4, 0.5) is 4.79 Å². The number of amides is 1. The number of nitrogens with zero attached hydrogens (tertiary/aromatic N) is 2. The second kappa shape index (κ2) is 8.96. The first-order valence-corrected chi connectivity index (χ1v) is 10.8. The van der Waals surface area contributed by atoms with E-state index >= 15 is 0 Å². The lowest BCUT2D eigenvalue weighted by atomic mass is 10.1. The van der Waals surface area contributed by atoms with Crippen molar-refractivity contribution >= 4 is 27.7 Å². The Morgan fingerprint density at radius 1 is 1.56 bits per heavy atom. The summed E-state index contributed by atoms with van der Waals surface area (Å²) in [6.45, 7) is 7.67. The third kappa shape index (κ3) is 5.15. The molecule has 0 bridgehead atoms. The molecule has 1 saturated carbocycles. The number of pyridine rings is 1. The summed E-state index contributed by atoms with van der Waals surface area (Å²) in [6, 6.07) is 5.83. The van der Waals surface area contributed by atoms with Gasteiger partial charge in [0.05, 0.1) is 13.2 Å². The molecular weight excluding hydrogens is 356 g/mol. The summed E-state index contributed by atoms with van der Waals surface area (Å²) in [5.74, 6) is 0.356. The van der Waals surface area contributed by atoms with Crippen LogP contribution in [-0.2, 0) is 9.47 Å². The molecule has 0 aromatic carbocycles. The van der Waals surface area contributed by atoms with Gasteiger partial charge >= 0.3 is 6.09 Å². The molecule has 1 aromatic heterocycles. The summed E-state index contributed by atoms with van der Waals surface area (Å²) in [6.07, 6.45) is 4.37. The smallest absolute Gasteiger partial charge is 0.411 e. The molecule has 1 aromatic rings. The first kappa shape index (κ1) is 18.6. The fourth-order valence-corrected chi connectivity index (χ4v) is 4.99. The summed E-state index contributed by atoms with van der Waals surface area (Å²) in [5.41, 5.74) is 1.25. The van der Waals surface area contributed by atoms with Crippen molar-refractivity contribution in [1.82, 2.24) is 9.88 Å². The number of ether oxygens (including phenoxy) is 2. The van der Waals surface area contributed by atoms with Crippen LogP contribution in [0.5, 0.6) is 0 Å². The molecule has 3 atom stereocenters. The molecule has 1 amide bonds. The van der Waals surface area contributed by atoms with Gasteiger partial charge in [-0.25, -0.2) is 9.78 Å². The van der Waals surface area contributed by atoms with E-state index in [-0.39, 0.29) is 17.6 Å². The summed E-state index contributed by atoms with van der Waals surface area (Å²) < 4.78 is 11.3. The van der Waals surface area contributed by atoms with Gasteiger partial charge in [-0.15, -0.1) is 0 Å². The number of carbonyl (C=O) groups excluding carboxylic acids is 1. The van der Waals surface area contributed by atoms with Gasteiger partial charge in [-0.3, -0.25) is 4.90 Å². The maximum atomic E-state index is 12.4. The standard InChI is InChI=1S/C18H24N2O3S2/c1-13-6-7-15(11-13)17-20(9-10-22-17)18(21)23-12-14(2)24-25-16-5-3-4-8-19-16/h3-5,8,14-15,17H,1,6-7,9-12H2,2H3/t14?,15-,17?/m0/s1. The van der Waals surface area contributed by atoms with Gasteiger partial charge in [0.15, 0.2) is 0 Å². The summed E-state index contributed by atoms with van der Waals surface area (Å²) in [4.78, 5) is 18.5. The van der Waals surface area contributed by atoms with Gasteiger partial charge in [0, 0.05) is 17.4 Å². The molecule has 2 heterocycles. The number of hydrogen-bond acceptors (Lipinski definition) is 6. The maximum Gasteiger partial charge on any atom is 0.411 e. The monoisotopic (exact) mass is 380 g/mol. The van der Waals surface area contributed by atoms with E-state index in [2.05, 4.69) is 11.6 Å². The Morgan fingerprint density at radius 2 is 2.44 bits per heavy atom. The van der Waals surface area contributed by atoms with E-state index < -0.39 is 0 Å². The van der Waals surface area contributed by atoms with E-state index in [1.807, 2.05) is 25.1 Å². The zero-order valence-corrected chi connectivity index (χ0v) is 16.1. The van der Waals surface area contributed by atoms with Gasteiger partial charge in [-0.2, -0.15) is 0 Å². The molecule has 5 nitrogen and oxygen atoms in total. The van der Waals surface area contributed by atoms with Crippen LogP contribution in [-0.4, -0.2) is 47.2 Å². The molecular formula is C18H24N2O3S2. The van der Waals surface area contributed by atoms with Gasteiger partial charge in [0.1, 0.15) is 17.9 Å². The van der Waals surface area contributed by atoms with E-state index in [9.17, 15) is 4.79 Å². The highest BCUT2D eigenvalue weighted by Crippen LogP contribution is 2.36. The second-order valence-electron chi connectivity index (χ2n) is 6.44. The van der Waals surface area contributed by atoms with Crippen molar-refractivity contribution in [2.75, 3.05) is 19.8 Å².